The molecule has 4 aliphatic heterocycles. The van der Waals surface area contributed by atoms with Crippen molar-refractivity contribution in [3.8, 4) is 17.0 Å². The number of hydrogen-bond acceptors (Lipinski definition) is 10. The molecule has 0 bridgehead atoms. The maximum absolute atomic E-state index is 13.9. The molecular formula is C45H53N7O6S. The Labute approximate surface area is 346 Å². The number of rotatable bonds is 11. The zero-order chi connectivity index (χ0) is 41.0. The number of nitrogens with zero attached hydrogens (tertiary/aromatic N) is 5. The number of likely N-dealkylation sites (tertiary alicyclic amines) is 2. The molecule has 4 fully saturated rings. The van der Waals surface area contributed by atoms with Crippen molar-refractivity contribution >= 4 is 33.4 Å². The Balaban J connectivity index is 0.813. The van der Waals surface area contributed by atoms with Crippen LogP contribution in [0.1, 0.15) is 79.9 Å². The van der Waals surface area contributed by atoms with Gasteiger partial charge in [-0.05, 0) is 98.8 Å². The van der Waals surface area contributed by atoms with E-state index in [1.807, 2.05) is 53.4 Å². The molecule has 0 radical (unpaired) electrons. The summed E-state index contributed by atoms with van der Waals surface area (Å²) in [6.45, 7) is 4.47. The van der Waals surface area contributed by atoms with Crippen molar-refractivity contribution in [2.24, 2.45) is 0 Å². The monoisotopic (exact) mass is 819 g/mol. The lowest BCUT2D eigenvalue weighted by molar-refractivity contribution is -0.135. The molecule has 3 amide bonds. The van der Waals surface area contributed by atoms with Crippen molar-refractivity contribution in [3.05, 3.63) is 108 Å². The van der Waals surface area contributed by atoms with Crippen LogP contribution in [0.3, 0.4) is 0 Å². The summed E-state index contributed by atoms with van der Waals surface area (Å²) in [4.78, 5) is 43.5. The van der Waals surface area contributed by atoms with Crippen molar-refractivity contribution in [3.63, 3.8) is 0 Å². The fraction of sp³-hybridized carbons (Fsp3) is 0.444. The molecular weight excluding hydrogens is 767 g/mol. The molecule has 13 nitrogen and oxygen atoms in total. The van der Waals surface area contributed by atoms with E-state index in [1.54, 1.807) is 18.3 Å². The molecule has 8 rings (SSSR count). The van der Waals surface area contributed by atoms with E-state index in [9.17, 15) is 27.9 Å². The first-order valence-corrected chi connectivity index (χ1v) is 22.5. The minimum Gasteiger partial charge on any atom is -0.507 e. The lowest BCUT2D eigenvalue weighted by atomic mass is 9.73. The van der Waals surface area contributed by atoms with Crippen LogP contribution in [0.25, 0.3) is 11.3 Å². The van der Waals surface area contributed by atoms with Crippen molar-refractivity contribution in [1.82, 2.24) is 30.0 Å². The van der Waals surface area contributed by atoms with E-state index >= 15 is 0 Å². The number of piperidine rings is 4. The maximum atomic E-state index is 13.9. The highest BCUT2D eigenvalue weighted by Gasteiger charge is 2.40. The molecule has 310 valence electrons. The summed E-state index contributed by atoms with van der Waals surface area (Å²) in [5.74, 6) is -0.152. The SMILES string of the molecule is O=C1CC[C@H](c2ccc(C3CCN(CC(=O)N4CCC(S(=O)(=O)NCC5(c6ccccc6)CCN(c6cnnc(-c7ccccc7O)c6)CC5)CC4)CC3)cc2)C(=O)N1. The molecule has 0 saturated carbocycles. The number of aromatic nitrogens is 2. The molecule has 4 saturated heterocycles. The van der Waals surface area contributed by atoms with Gasteiger partial charge in [-0.25, -0.2) is 13.1 Å². The molecule has 4 aliphatic rings. The molecule has 1 aromatic heterocycles. The largest absolute Gasteiger partial charge is 0.507 e. The summed E-state index contributed by atoms with van der Waals surface area (Å²) < 4.78 is 30.8. The van der Waals surface area contributed by atoms with Crippen molar-refractivity contribution in [1.29, 1.82) is 0 Å². The number of sulfonamides is 1. The predicted molar refractivity (Wildman–Crippen MR) is 225 cm³/mol. The number of anilines is 1. The van der Waals surface area contributed by atoms with E-state index in [0.717, 1.165) is 55.6 Å². The Morgan fingerprint density at radius 3 is 2.20 bits per heavy atom. The molecule has 0 unspecified atom stereocenters. The molecule has 3 N–H and O–H groups in total. The number of para-hydroxylation sites is 1. The Morgan fingerprint density at radius 2 is 1.51 bits per heavy atom. The van der Waals surface area contributed by atoms with E-state index in [-0.39, 0.29) is 29.4 Å². The summed E-state index contributed by atoms with van der Waals surface area (Å²) in [6.07, 6.45) is 6.76. The number of phenols is 1. The Hall–Kier alpha value is -5.18. The third kappa shape index (κ3) is 9.19. The van der Waals surface area contributed by atoms with Crippen LogP contribution >= 0.6 is 0 Å². The van der Waals surface area contributed by atoms with Gasteiger partial charge in [0.05, 0.1) is 35.3 Å². The van der Waals surface area contributed by atoms with Crippen molar-refractivity contribution < 1.29 is 27.9 Å². The lowest BCUT2D eigenvalue weighted by Gasteiger charge is -2.43. The van der Waals surface area contributed by atoms with Gasteiger partial charge in [-0.3, -0.25) is 24.6 Å². The van der Waals surface area contributed by atoms with Crippen LogP contribution in [0.5, 0.6) is 5.75 Å². The zero-order valence-electron chi connectivity index (χ0n) is 33.3. The number of imide groups is 1. The zero-order valence-corrected chi connectivity index (χ0v) is 34.2. The smallest absolute Gasteiger partial charge is 0.236 e. The number of carbonyl (C=O) groups excluding carboxylic acids is 3. The summed E-state index contributed by atoms with van der Waals surface area (Å²) in [5, 5.41) is 20.8. The number of hydrogen-bond donors (Lipinski definition) is 3. The van der Waals surface area contributed by atoms with Crippen LogP contribution in [0.4, 0.5) is 5.69 Å². The molecule has 0 aliphatic carbocycles. The number of carbonyl (C=O) groups is 3. The summed E-state index contributed by atoms with van der Waals surface area (Å²) in [5.41, 5.74) is 4.99. The van der Waals surface area contributed by atoms with Gasteiger partial charge in [0.15, 0.2) is 0 Å². The lowest BCUT2D eigenvalue weighted by Crippen LogP contribution is -2.52. The molecule has 1 atom stereocenters. The van der Waals surface area contributed by atoms with Gasteiger partial charge in [0.25, 0.3) is 0 Å². The average Bonchev–Trinajstić information content (AvgIpc) is 3.27. The standard InChI is InChI=1S/C45H53N7O6S/c53-41-9-5-4-8-39(41)40-28-36(29-46-49-40)51-26-20-45(21-27-51,35-6-2-1-3-7-35)31-47-59(57,58)37-18-24-52(25-19-37)43(55)30-50-22-16-33(17-23-50)32-10-12-34(13-11-32)38-14-15-42(54)48-44(38)56/h1-13,28-29,33,37-38,47,53H,14-27,30-31H2,(H,48,54,56)/t38-/m1/s1. The van der Waals surface area contributed by atoms with Gasteiger partial charge in [0.1, 0.15) is 5.75 Å². The molecule has 59 heavy (non-hydrogen) atoms. The van der Waals surface area contributed by atoms with Gasteiger partial charge in [-0.15, -0.1) is 0 Å². The van der Waals surface area contributed by atoms with Gasteiger partial charge in [-0.2, -0.15) is 10.2 Å². The third-order valence-corrected chi connectivity index (χ3v) is 15.0. The number of nitrogens with one attached hydrogen (secondary N) is 2. The van der Waals surface area contributed by atoms with Gasteiger partial charge < -0.3 is 14.9 Å². The first-order valence-electron chi connectivity index (χ1n) is 20.9. The van der Waals surface area contributed by atoms with Gasteiger partial charge in [0.2, 0.25) is 27.7 Å². The molecule has 4 aromatic rings. The number of amides is 3. The fourth-order valence-electron chi connectivity index (χ4n) is 9.40. The Morgan fingerprint density at radius 1 is 0.831 bits per heavy atom. The topological polar surface area (TPSA) is 165 Å². The number of benzene rings is 3. The quantitative estimate of drug-likeness (QED) is 0.181. The second kappa shape index (κ2) is 17.6. The second-order valence-electron chi connectivity index (χ2n) is 16.6. The first kappa shape index (κ1) is 40.6. The maximum Gasteiger partial charge on any atom is 0.236 e. The minimum absolute atomic E-state index is 0.0488. The van der Waals surface area contributed by atoms with E-state index < -0.39 is 20.7 Å². The normalized spacial score (nSPS) is 21.0. The Kier molecular flexibility index (Phi) is 12.1. The van der Waals surface area contributed by atoms with Gasteiger partial charge in [0, 0.05) is 50.1 Å². The average molecular weight is 820 g/mol. The van der Waals surface area contributed by atoms with E-state index in [0.29, 0.717) is 82.1 Å². The van der Waals surface area contributed by atoms with Crippen LogP contribution in [0.15, 0.2) is 91.1 Å². The highest BCUT2D eigenvalue weighted by molar-refractivity contribution is 7.90. The predicted octanol–water partition coefficient (Wildman–Crippen LogP) is 4.70. The summed E-state index contributed by atoms with van der Waals surface area (Å²) >= 11 is 0. The van der Waals surface area contributed by atoms with E-state index in [1.165, 1.54) is 5.56 Å². The highest BCUT2D eigenvalue weighted by Crippen LogP contribution is 2.38. The summed E-state index contributed by atoms with van der Waals surface area (Å²) in [6, 6.07) is 27.4. The van der Waals surface area contributed by atoms with Gasteiger partial charge >= 0.3 is 0 Å². The molecule has 14 heteroatoms. The highest BCUT2D eigenvalue weighted by atomic mass is 32.2. The van der Waals surface area contributed by atoms with Crippen molar-refractivity contribution in [2.45, 2.75) is 73.9 Å². The molecule has 5 heterocycles. The van der Waals surface area contributed by atoms with E-state index in [2.05, 4.69) is 54.3 Å². The number of phenolic OH excluding ortho intramolecular Hbond substituents is 1. The Bertz CT molecular complexity index is 2230. The third-order valence-electron chi connectivity index (χ3n) is 13.1. The minimum atomic E-state index is -3.65. The number of aromatic hydroxyl groups is 1. The fourth-order valence-corrected chi connectivity index (χ4v) is 10.9. The van der Waals surface area contributed by atoms with Crippen LogP contribution in [-0.4, -0.2) is 109 Å². The van der Waals surface area contributed by atoms with Crippen LogP contribution in [0, 0.1) is 0 Å². The van der Waals surface area contributed by atoms with Crippen LogP contribution < -0.4 is 14.9 Å². The molecule has 3 aromatic carbocycles. The van der Waals surface area contributed by atoms with Crippen molar-refractivity contribution in [2.75, 3.05) is 57.3 Å². The van der Waals surface area contributed by atoms with E-state index in [4.69, 9.17) is 0 Å². The second-order valence-corrected chi connectivity index (χ2v) is 18.7. The first-order chi connectivity index (χ1) is 28.6. The molecule has 0 spiro atoms. The summed E-state index contributed by atoms with van der Waals surface area (Å²) in [7, 11) is -3.65. The van der Waals surface area contributed by atoms with Crippen LogP contribution in [-0.2, 0) is 29.8 Å². The van der Waals surface area contributed by atoms with Gasteiger partial charge in [-0.1, -0.05) is 66.7 Å². The van der Waals surface area contributed by atoms with Crippen LogP contribution in [0.2, 0.25) is 0 Å².